The zero-order valence-electron chi connectivity index (χ0n) is 14.2. The molecular weight excluding hydrogens is 418 g/mol. The predicted octanol–water partition coefficient (Wildman–Crippen LogP) is 2.85. The van der Waals surface area contributed by atoms with Gasteiger partial charge in [0.25, 0.3) is 0 Å². The molecular formula is C16H14Cl2F3N7. The van der Waals surface area contributed by atoms with E-state index in [0.29, 0.717) is 41.2 Å². The number of halogens is 5. The number of benzene rings is 1. The number of hydrazine groups is 1. The normalized spacial score (nSPS) is 16.8. The van der Waals surface area contributed by atoms with Gasteiger partial charge in [-0.05, 0) is 29.8 Å². The zero-order chi connectivity index (χ0) is 19.9. The smallest absolute Gasteiger partial charge is 0.367 e. The van der Waals surface area contributed by atoms with Gasteiger partial charge < -0.3 is 10.2 Å². The molecule has 3 heterocycles. The molecule has 148 valence electrons. The van der Waals surface area contributed by atoms with Crippen LogP contribution in [0.4, 0.5) is 13.2 Å². The van der Waals surface area contributed by atoms with Crippen molar-refractivity contribution in [2.24, 2.45) is 0 Å². The van der Waals surface area contributed by atoms with Gasteiger partial charge in [0, 0.05) is 29.7 Å². The number of hydrogen-bond acceptors (Lipinski definition) is 6. The zero-order valence-corrected chi connectivity index (χ0v) is 15.7. The molecule has 1 aromatic carbocycles. The molecule has 2 aliphatic rings. The summed E-state index contributed by atoms with van der Waals surface area (Å²) < 4.78 is 38.3. The molecule has 0 aliphatic carbocycles. The van der Waals surface area contributed by atoms with Crippen molar-refractivity contribution in [1.82, 2.24) is 36.2 Å². The van der Waals surface area contributed by atoms with Crippen LogP contribution in [0.15, 0.2) is 35.8 Å². The van der Waals surface area contributed by atoms with Crippen LogP contribution in [-0.2, 0) is 12.7 Å². The summed E-state index contributed by atoms with van der Waals surface area (Å²) in [6.07, 6.45) is -2.92. The van der Waals surface area contributed by atoms with E-state index < -0.39 is 12.0 Å². The highest BCUT2D eigenvalue weighted by Gasteiger charge is 2.36. The average molecular weight is 432 g/mol. The first-order valence-electron chi connectivity index (χ1n) is 8.22. The van der Waals surface area contributed by atoms with Crippen LogP contribution in [0.5, 0.6) is 0 Å². The highest BCUT2D eigenvalue weighted by atomic mass is 35.5. The molecule has 4 N–H and O–H groups in total. The molecule has 4 rings (SSSR count). The molecule has 0 atom stereocenters. The summed E-state index contributed by atoms with van der Waals surface area (Å²) in [6, 6.07) is 5.22. The molecule has 7 nitrogen and oxygen atoms in total. The van der Waals surface area contributed by atoms with Gasteiger partial charge in [-0.2, -0.15) is 18.3 Å². The van der Waals surface area contributed by atoms with Gasteiger partial charge in [-0.1, -0.05) is 23.2 Å². The highest BCUT2D eigenvalue weighted by molar-refractivity contribution is 6.33. The van der Waals surface area contributed by atoms with E-state index in [4.69, 9.17) is 23.2 Å². The van der Waals surface area contributed by atoms with Crippen LogP contribution < -0.4 is 16.2 Å². The van der Waals surface area contributed by atoms with Gasteiger partial charge in [0.2, 0.25) is 5.82 Å². The second-order valence-corrected chi connectivity index (χ2v) is 7.00. The average Bonchev–Trinajstić information content (AvgIpc) is 3.15. The summed E-state index contributed by atoms with van der Waals surface area (Å²) in [7, 11) is 0. The Balaban J connectivity index is 1.63. The minimum atomic E-state index is -4.60. The molecule has 1 aromatic heterocycles. The minimum Gasteiger partial charge on any atom is -0.367 e. The molecule has 28 heavy (non-hydrogen) atoms. The van der Waals surface area contributed by atoms with E-state index in [9.17, 15) is 13.2 Å². The van der Waals surface area contributed by atoms with E-state index in [-0.39, 0.29) is 5.82 Å². The summed E-state index contributed by atoms with van der Waals surface area (Å²) in [5.41, 5.74) is 7.63. The maximum atomic E-state index is 12.8. The van der Waals surface area contributed by atoms with E-state index in [1.165, 1.54) is 0 Å². The Morgan fingerprint density at radius 1 is 1.18 bits per heavy atom. The van der Waals surface area contributed by atoms with Crippen LogP contribution in [0, 0.1) is 0 Å². The number of rotatable bonds is 3. The predicted molar refractivity (Wildman–Crippen MR) is 97.5 cm³/mol. The van der Waals surface area contributed by atoms with Crippen molar-refractivity contribution in [3.8, 4) is 0 Å². The van der Waals surface area contributed by atoms with Gasteiger partial charge in [-0.15, -0.1) is 0 Å². The number of nitrogens with one attached hydrogen (secondary N) is 4. The Kier molecular flexibility index (Phi) is 4.76. The van der Waals surface area contributed by atoms with Crippen molar-refractivity contribution in [1.29, 1.82) is 0 Å². The Hall–Kier alpha value is -2.59. The van der Waals surface area contributed by atoms with E-state index in [1.807, 2.05) is 10.00 Å². The highest BCUT2D eigenvalue weighted by Crippen LogP contribution is 2.29. The Morgan fingerprint density at radius 2 is 2.00 bits per heavy atom. The van der Waals surface area contributed by atoms with Gasteiger partial charge >= 0.3 is 6.18 Å². The van der Waals surface area contributed by atoms with Gasteiger partial charge in [-0.25, -0.2) is 4.98 Å². The minimum absolute atomic E-state index is 0.0994. The number of H-pyrrole nitrogens is 1. The molecule has 0 spiro atoms. The maximum Gasteiger partial charge on any atom is 0.451 e. The number of aromatic amines is 1. The van der Waals surface area contributed by atoms with Gasteiger partial charge in [0.1, 0.15) is 11.5 Å². The first-order chi connectivity index (χ1) is 13.3. The third-order valence-corrected chi connectivity index (χ3v) is 4.85. The van der Waals surface area contributed by atoms with Crippen molar-refractivity contribution >= 4 is 28.9 Å². The Bertz CT molecular complexity index is 967. The Morgan fingerprint density at radius 3 is 2.75 bits per heavy atom. The molecule has 0 fully saturated rings. The monoisotopic (exact) mass is 431 g/mol. The third-order valence-electron chi connectivity index (χ3n) is 4.25. The number of aromatic nitrogens is 3. The SMILES string of the molecule is FC(F)(F)c1nc(C2=CC3=C(NCCN3Cc3cc(Cl)ccc3Cl)NN2)n[nH]1. The van der Waals surface area contributed by atoms with E-state index in [2.05, 4.69) is 26.3 Å². The fourth-order valence-corrected chi connectivity index (χ4v) is 3.30. The first-order valence-corrected chi connectivity index (χ1v) is 8.97. The quantitative estimate of drug-likeness (QED) is 0.598. The lowest BCUT2D eigenvalue weighted by Crippen LogP contribution is -2.48. The van der Waals surface area contributed by atoms with Crippen LogP contribution in [0.2, 0.25) is 10.0 Å². The van der Waals surface area contributed by atoms with Crippen molar-refractivity contribution in [3.05, 3.63) is 63.1 Å². The lowest BCUT2D eigenvalue weighted by molar-refractivity contribution is -0.144. The summed E-state index contributed by atoms with van der Waals surface area (Å²) >= 11 is 12.3. The van der Waals surface area contributed by atoms with E-state index in [0.717, 1.165) is 11.3 Å². The van der Waals surface area contributed by atoms with E-state index in [1.54, 1.807) is 24.3 Å². The molecule has 0 amide bonds. The van der Waals surface area contributed by atoms with Gasteiger partial charge in [0.15, 0.2) is 5.82 Å². The molecule has 0 saturated carbocycles. The van der Waals surface area contributed by atoms with Crippen molar-refractivity contribution in [2.45, 2.75) is 12.7 Å². The number of hydrogen-bond donors (Lipinski definition) is 4. The third kappa shape index (κ3) is 3.69. The molecule has 2 aliphatic heterocycles. The van der Waals surface area contributed by atoms with Gasteiger partial charge in [-0.3, -0.25) is 16.0 Å². The van der Waals surface area contributed by atoms with Crippen LogP contribution in [0.3, 0.4) is 0 Å². The number of alkyl halides is 3. The largest absolute Gasteiger partial charge is 0.451 e. The molecule has 2 aromatic rings. The number of allylic oxidation sites excluding steroid dienone is 1. The molecule has 0 unspecified atom stereocenters. The second-order valence-electron chi connectivity index (χ2n) is 6.16. The fourth-order valence-electron chi connectivity index (χ4n) is 2.92. The van der Waals surface area contributed by atoms with Crippen LogP contribution in [0.1, 0.15) is 17.2 Å². The van der Waals surface area contributed by atoms with Gasteiger partial charge in [0.05, 0.1) is 5.70 Å². The summed E-state index contributed by atoms with van der Waals surface area (Å²) in [5, 5.41) is 9.91. The second kappa shape index (κ2) is 7.10. The fraction of sp³-hybridized carbons (Fsp3) is 0.250. The maximum absolute atomic E-state index is 12.8. The lowest BCUT2D eigenvalue weighted by atomic mass is 10.1. The van der Waals surface area contributed by atoms with Crippen LogP contribution in [-0.4, -0.2) is 33.2 Å². The standard InChI is InChI=1S/C16H14Cl2F3N7/c17-9-1-2-10(18)8(5-9)7-28-4-3-22-14-12(28)6-11(24-26-14)13-23-15(27-25-13)16(19,20)21/h1-2,5-6,22,24,26H,3-4,7H2,(H,23,25,27). The molecule has 0 saturated heterocycles. The Labute approximate surface area is 167 Å². The number of nitrogens with zero attached hydrogens (tertiary/aromatic N) is 3. The van der Waals surface area contributed by atoms with Crippen LogP contribution in [0.25, 0.3) is 5.70 Å². The van der Waals surface area contributed by atoms with Crippen LogP contribution >= 0.6 is 23.2 Å². The van der Waals surface area contributed by atoms with E-state index >= 15 is 0 Å². The summed E-state index contributed by atoms with van der Waals surface area (Å²) in [5.74, 6) is -0.563. The van der Waals surface area contributed by atoms with Crippen molar-refractivity contribution in [2.75, 3.05) is 13.1 Å². The first kappa shape index (κ1) is 18.8. The van der Waals surface area contributed by atoms with Crippen molar-refractivity contribution in [3.63, 3.8) is 0 Å². The summed E-state index contributed by atoms with van der Waals surface area (Å²) in [4.78, 5) is 5.55. The molecule has 0 bridgehead atoms. The topological polar surface area (TPSA) is 80.9 Å². The summed E-state index contributed by atoms with van der Waals surface area (Å²) in [6.45, 7) is 1.82. The van der Waals surface area contributed by atoms with Crippen molar-refractivity contribution < 1.29 is 13.2 Å². The molecule has 0 radical (unpaired) electrons. The lowest BCUT2D eigenvalue weighted by Gasteiger charge is -2.36. The molecule has 12 heteroatoms.